The number of carbonyl (C=O) groups is 1. The fourth-order valence-corrected chi connectivity index (χ4v) is 3.11. The van der Waals surface area contributed by atoms with Crippen LogP contribution in [0.15, 0.2) is 4.99 Å². The van der Waals surface area contributed by atoms with Crippen molar-refractivity contribution in [1.82, 2.24) is 10.2 Å². The second-order valence-corrected chi connectivity index (χ2v) is 5.82. The van der Waals surface area contributed by atoms with Gasteiger partial charge in [0.05, 0.1) is 0 Å². The molecule has 0 aromatic carbocycles. The first-order chi connectivity index (χ1) is 8.06. The number of nitrogens with one attached hydrogen (secondary N) is 1. The molecule has 1 heterocycles. The summed E-state index contributed by atoms with van der Waals surface area (Å²) >= 11 is 1.73. The summed E-state index contributed by atoms with van der Waals surface area (Å²) in [7, 11) is 0. The summed E-state index contributed by atoms with van der Waals surface area (Å²) < 4.78 is 0. The maximum Gasteiger partial charge on any atom is 0.244 e. The summed E-state index contributed by atoms with van der Waals surface area (Å²) in [6, 6.07) is 0.452. The summed E-state index contributed by atoms with van der Waals surface area (Å²) in [5.41, 5.74) is 0. The molecule has 0 saturated carbocycles. The van der Waals surface area contributed by atoms with Crippen LogP contribution >= 0.6 is 11.8 Å². The molecule has 5 heteroatoms. The fourth-order valence-electron chi connectivity index (χ4n) is 1.94. The standard InChI is InChI=1S/C12H23N3OS/c1-5-15(6-2)11(16)8-13-12-14-9(3)7-10(4)17-12/h9-10H,5-8H2,1-4H3,(H,13,14). The molecule has 1 amide bonds. The maximum atomic E-state index is 11.8. The molecule has 1 rings (SSSR count). The number of hydrogen-bond donors (Lipinski definition) is 1. The first-order valence-corrected chi connectivity index (χ1v) is 7.20. The highest BCUT2D eigenvalue weighted by Crippen LogP contribution is 2.22. The number of amides is 1. The minimum Gasteiger partial charge on any atom is -0.362 e. The van der Waals surface area contributed by atoms with Gasteiger partial charge in [-0.05, 0) is 27.2 Å². The topological polar surface area (TPSA) is 44.7 Å². The van der Waals surface area contributed by atoms with Crippen molar-refractivity contribution in [2.75, 3.05) is 19.6 Å². The van der Waals surface area contributed by atoms with Gasteiger partial charge in [-0.15, -0.1) is 0 Å². The average Bonchev–Trinajstić information content (AvgIpc) is 2.27. The number of aliphatic imine (C=N–C) groups is 1. The van der Waals surface area contributed by atoms with Crippen molar-refractivity contribution in [3.8, 4) is 0 Å². The van der Waals surface area contributed by atoms with E-state index in [-0.39, 0.29) is 12.5 Å². The van der Waals surface area contributed by atoms with E-state index in [0.29, 0.717) is 11.3 Å². The first kappa shape index (κ1) is 14.4. The van der Waals surface area contributed by atoms with Gasteiger partial charge in [-0.2, -0.15) is 0 Å². The molecule has 1 aliphatic heterocycles. The molecule has 0 spiro atoms. The Hall–Kier alpha value is -0.710. The fraction of sp³-hybridized carbons (Fsp3) is 0.833. The number of likely N-dealkylation sites (N-methyl/N-ethyl adjacent to an activating group) is 1. The van der Waals surface area contributed by atoms with Crippen LogP contribution in [0, 0.1) is 0 Å². The molecular formula is C12H23N3OS. The molecule has 0 bridgehead atoms. The van der Waals surface area contributed by atoms with E-state index in [0.717, 1.165) is 24.7 Å². The lowest BCUT2D eigenvalue weighted by molar-refractivity contribution is -0.129. The van der Waals surface area contributed by atoms with E-state index in [1.165, 1.54) is 0 Å². The van der Waals surface area contributed by atoms with Crippen LogP contribution in [-0.4, -0.2) is 46.9 Å². The first-order valence-electron chi connectivity index (χ1n) is 6.32. The molecule has 0 aliphatic carbocycles. The number of carbonyl (C=O) groups excluding carboxylic acids is 1. The Bertz CT molecular complexity index is 277. The Morgan fingerprint density at radius 1 is 1.47 bits per heavy atom. The van der Waals surface area contributed by atoms with Crippen LogP contribution in [-0.2, 0) is 4.79 Å². The molecule has 0 radical (unpaired) electrons. The molecule has 2 atom stereocenters. The minimum absolute atomic E-state index is 0.107. The van der Waals surface area contributed by atoms with Gasteiger partial charge in [0.1, 0.15) is 6.54 Å². The van der Waals surface area contributed by atoms with E-state index < -0.39 is 0 Å². The van der Waals surface area contributed by atoms with Gasteiger partial charge in [0.15, 0.2) is 5.17 Å². The van der Waals surface area contributed by atoms with Gasteiger partial charge in [0, 0.05) is 24.4 Å². The van der Waals surface area contributed by atoms with Crippen molar-refractivity contribution in [3.63, 3.8) is 0 Å². The van der Waals surface area contributed by atoms with E-state index in [1.54, 1.807) is 11.8 Å². The Labute approximate surface area is 108 Å². The van der Waals surface area contributed by atoms with Crippen molar-refractivity contribution in [3.05, 3.63) is 0 Å². The Morgan fingerprint density at radius 2 is 2.12 bits per heavy atom. The third-order valence-electron chi connectivity index (χ3n) is 2.84. The highest BCUT2D eigenvalue weighted by atomic mass is 32.2. The highest BCUT2D eigenvalue weighted by Gasteiger charge is 2.20. The summed E-state index contributed by atoms with van der Waals surface area (Å²) in [5, 5.41) is 4.81. The molecule has 1 saturated heterocycles. The summed E-state index contributed by atoms with van der Waals surface area (Å²) in [6.45, 7) is 10.1. The van der Waals surface area contributed by atoms with E-state index in [1.807, 2.05) is 18.7 Å². The van der Waals surface area contributed by atoms with Crippen LogP contribution in [0.2, 0.25) is 0 Å². The van der Waals surface area contributed by atoms with Crippen molar-refractivity contribution in [2.24, 2.45) is 4.99 Å². The monoisotopic (exact) mass is 257 g/mol. The molecule has 2 unspecified atom stereocenters. The van der Waals surface area contributed by atoms with Crippen molar-refractivity contribution in [1.29, 1.82) is 0 Å². The number of amidine groups is 1. The SMILES string of the molecule is CCN(CC)C(=O)CN=C1NC(C)CC(C)S1. The lowest BCUT2D eigenvalue weighted by Gasteiger charge is -2.27. The lowest BCUT2D eigenvalue weighted by Crippen LogP contribution is -2.39. The maximum absolute atomic E-state index is 11.8. The van der Waals surface area contributed by atoms with Gasteiger partial charge in [-0.25, -0.2) is 0 Å². The van der Waals surface area contributed by atoms with E-state index >= 15 is 0 Å². The summed E-state index contributed by atoms with van der Waals surface area (Å²) in [6.07, 6.45) is 1.15. The third-order valence-corrected chi connectivity index (χ3v) is 3.91. The normalized spacial score (nSPS) is 26.7. The second-order valence-electron chi connectivity index (χ2n) is 4.40. The molecule has 1 fully saturated rings. The van der Waals surface area contributed by atoms with Gasteiger partial charge in [-0.3, -0.25) is 9.79 Å². The molecule has 98 valence electrons. The zero-order valence-corrected chi connectivity index (χ0v) is 12.0. The van der Waals surface area contributed by atoms with Gasteiger partial charge in [0.2, 0.25) is 5.91 Å². The number of hydrogen-bond acceptors (Lipinski definition) is 3. The zero-order chi connectivity index (χ0) is 12.8. The predicted molar refractivity (Wildman–Crippen MR) is 74.5 cm³/mol. The number of thioether (sulfide) groups is 1. The molecule has 17 heavy (non-hydrogen) atoms. The Morgan fingerprint density at radius 3 is 2.65 bits per heavy atom. The predicted octanol–water partition coefficient (Wildman–Crippen LogP) is 1.71. The van der Waals surface area contributed by atoms with Crippen molar-refractivity contribution < 1.29 is 4.79 Å². The molecule has 4 nitrogen and oxygen atoms in total. The summed E-state index contributed by atoms with van der Waals surface area (Å²) in [4.78, 5) is 18.0. The van der Waals surface area contributed by atoms with Crippen molar-refractivity contribution in [2.45, 2.75) is 45.4 Å². The Kier molecular flexibility index (Phi) is 5.82. The van der Waals surface area contributed by atoms with Crippen LogP contribution in [0.1, 0.15) is 34.1 Å². The molecular weight excluding hydrogens is 234 g/mol. The lowest BCUT2D eigenvalue weighted by atomic mass is 10.2. The van der Waals surface area contributed by atoms with Crippen LogP contribution in [0.4, 0.5) is 0 Å². The molecule has 0 aromatic heterocycles. The van der Waals surface area contributed by atoms with Crippen molar-refractivity contribution >= 4 is 22.8 Å². The molecule has 1 aliphatic rings. The van der Waals surface area contributed by atoms with Gasteiger partial charge in [-0.1, -0.05) is 18.7 Å². The average molecular weight is 257 g/mol. The van der Waals surface area contributed by atoms with Crippen LogP contribution in [0.5, 0.6) is 0 Å². The van der Waals surface area contributed by atoms with E-state index in [4.69, 9.17) is 0 Å². The zero-order valence-electron chi connectivity index (χ0n) is 11.2. The second kappa shape index (κ2) is 6.89. The molecule has 1 N–H and O–H groups in total. The molecule has 0 aromatic rings. The summed E-state index contributed by atoms with van der Waals surface area (Å²) in [5.74, 6) is 0.107. The van der Waals surface area contributed by atoms with Crippen LogP contribution in [0.25, 0.3) is 0 Å². The van der Waals surface area contributed by atoms with Crippen LogP contribution < -0.4 is 5.32 Å². The number of rotatable bonds is 4. The minimum atomic E-state index is 0.107. The Balaban J connectivity index is 2.49. The van der Waals surface area contributed by atoms with Gasteiger partial charge >= 0.3 is 0 Å². The van der Waals surface area contributed by atoms with E-state index in [9.17, 15) is 4.79 Å². The van der Waals surface area contributed by atoms with Gasteiger partial charge in [0.25, 0.3) is 0 Å². The highest BCUT2D eigenvalue weighted by molar-refractivity contribution is 8.14. The van der Waals surface area contributed by atoms with Gasteiger partial charge < -0.3 is 10.2 Å². The van der Waals surface area contributed by atoms with Crippen LogP contribution in [0.3, 0.4) is 0 Å². The smallest absolute Gasteiger partial charge is 0.244 e. The van der Waals surface area contributed by atoms with E-state index in [2.05, 4.69) is 24.2 Å². The number of nitrogens with zero attached hydrogens (tertiary/aromatic N) is 2. The third kappa shape index (κ3) is 4.58. The largest absolute Gasteiger partial charge is 0.362 e. The quantitative estimate of drug-likeness (QED) is 0.834.